The highest BCUT2D eigenvalue weighted by Gasteiger charge is 2.29. The van der Waals surface area contributed by atoms with Gasteiger partial charge in [0.15, 0.2) is 0 Å². The van der Waals surface area contributed by atoms with Crippen molar-refractivity contribution in [2.45, 2.75) is 71.0 Å². The van der Waals surface area contributed by atoms with Crippen LogP contribution in [-0.2, 0) is 0 Å². The van der Waals surface area contributed by atoms with Crippen molar-refractivity contribution in [3.63, 3.8) is 0 Å². The molecule has 19 heavy (non-hydrogen) atoms. The highest BCUT2D eigenvalue weighted by molar-refractivity contribution is 4.87. The van der Waals surface area contributed by atoms with E-state index in [2.05, 4.69) is 50.0 Å². The summed E-state index contributed by atoms with van der Waals surface area (Å²) >= 11 is 0. The first-order valence-electron chi connectivity index (χ1n) is 8.27. The van der Waals surface area contributed by atoms with Crippen molar-refractivity contribution < 1.29 is 0 Å². The van der Waals surface area contributed by atoms with Gasteiger partial charge in [-0.2, -0.15) is 0 Å². The van der Waals surface area contributed by atoms with Crippen LogP contribution in [0, 0.1) is 0 Å². The summed E-state index contributed by atoms with van der Waals surface area (Å²) in [4.78, 5) is 5.13. The van der Waals surface area contributed by atoms with Crippen LogP contribution < -0.4 is 5.32 Å². The van der Waals surface area contributed by atoms with Crippen molar-refractivity contribution >= 4 is 0 Å². The Kier molecular flexibility index (Phi) is 7.96. The second-order valence-electron chi connectivity index (χ2n) is 6.16. The molecule has 3 heteroatoms. The van der Waals surface area contributed by atoms with Gasteiger partial charge in [0.2, 0.25) is 0 Å². The largest absolute Gasteiger partial charge is 0.313 e. The van der Waals surface area contributed by atoms with E-state index < -0.39 is 0 Å². The summed E-state index contributed by atoms with van der Waals surface area (Å²) in [6.07, 6.45) is 6.51. The molecule has 1 saturated heterocycles. The molecule has 0 amide bonds. The van der Waals surface area contributed by atoms with Gasteiger partial charge in [-0.05, 0) is 59.4 Å². The van der Waals surface area contributed by atoms with Gasteiger partial charge in [-0.3, -0.25) is 4.90 Å². The smallest absolute Gasteiger partial charge is 0.0246 e. The maximum atomic E-state index is 3.71. The van der Waals surface area contributed by atoms with Crippen molar-refractivity contribution in [3.8, 4) is 0 Å². The van der Waals surface area contributed by atoms with Gasteiger partial charge >= 0.3 is 0 Å². The summed E-state index contributed by atoms with van der Waals surface area (Å²) in [5, 5.41) is 3.71. The zero-order valence-electron chi connectivity index (χ0n) is 13.8. The molecule has 0 aromatic heterocycles. The fourth-order valence-corrected chi connectivity index (χ4v) is 3.53. The molecule has 1 N–H and O–H groups in total. The van der Waals surface area contributed by atoms with E-state index in [-0.39, 0.29) is 0 Å². The molecule has 114 valence electrons. The van der Waals surface area contributed by atoms with Crippen LogP contribution in [0.15, 0.2) is 0 Å². The molecule has 0 aromatic rings. The van der Waals surface area contributed by atoms with E-state index in [0.29, 0.717) is 6.04 Å². The highest BCUT2D eigenvalue weighted by atomic mass is 15.2. The van der Waals surface area contributed by atoms with E-state index in [1.807, 2.05) is 0 Å². The van der Waals surface area contributed by atoms with Crippen LogP contribution in [0.3, 0.4) is 0 Å². The lowest BCUT2D eigenvalue weighted by atomic mass is 9.95. The summed E-state index contributed by atoms with van der Waals surface area (Å²) in [6.45, 7) is 10.5. The average Bonchev–Trinajstić information content (AvgIpc) is 2.40. The van der Waals surface area contributed by atoms with Gasteiger partial charge in [0.1, 0.15) is 0 Å². The number of likely N-dealkylation sites (tertiary alicyclic amines) is 1. The minimum atomic E-state index is 0.677. The van der Waals surface area contributed by atoms with Crippen molar-refractivity contribution in [1.82, 2.24) is 15.1 Å². The van der Waals surface area contributed by atoms with Crippen LogP contribution in [0.5, 0.6) is 0 Å². The molecule has 2 unspecified atom stereocenters. The zero-order valence-corrected chi connectivity index (χ0v) is 13.8. The van der Waals surface area contributed by atoms with Gasteiger partial charge in [0.25, 0.3) is 0 Å². The Morgan fingerprint density at radius 3 is 2.21 bits per heavy atom. The second-order valence-corrected chi connectivity index (χ2v) is 6.16. The molecular formula is C16H35N3. The van der Waals surface area contributed by atoms with Crippen molar-refractivity contribution in [3.05, 3.63) is 0 Å². The van der Waals surface area contributed by atoms with Gasteiger partial charge < -0.3 is 10.2 Å². The van der Waals surface area contributed by atoms with Gasteiger partial charge in [0.05, 0.1) is 0 Å². The lowest BCUT2D eigenvalue weighted by molar-refractivity contribution is 0.0847. The number of likely N-dealkylation sites (N-methyl/N-ethyl adjacent to an activating group) is 1. The van der Waals surface area contributed by atoms with Gasteiger partial charge in [-0.1, -0.05) is 27.2 Å². The SMILES string of the molecule is CCCC(NCC)C(CC)N1CCC(N(C)C)CC1. The maximum absolute atomic E-state index is 3.71. The van der Waals surface area contributed by atoms with Gasteiger partial charge in [-0.25, -0.2) is 0 Å². The van der Waals surface area contributed by atoms with Crippen LogP contribution in [0.25, 0.3) is 0 Å². The van der Waals surface area contributed by atoms with Crippen LogP contribution in [0.1, 0.15) is 52.9 Å². The van der Waals surface area contributed by atoms with Crippen LogP contribution >= 0.6 is 0 Å². The van der Waals surface area contributed by atoms with E-state index in [4.69, 9.17) is 0 Å². The Labute approximate surface area is 120 Å². The summed E-state index contributed by atoms with van der Waals surface area (Å²) in [7, 11) is 4.44. The Balaban J connectivity index is 2.54. The predicted octanol–water partition coefficient (Wildman–Crippen LogP) is 2.57. The Bertz CT molecular complexity index is 216. The minimum Gasteiger partial charge on any atom is -0.313 e. The monoisotopic (exact) mass is 269 g/mol. The molecule has 0 aliphatic carbocycles. The molecule has 3 nitrogen and oxygen atoms in total. The molecule has 1 fully saturated rings. The van der Waals surface area contributed by atoms with Crippen molar-refractivity contribution in [2.24, 2.45) is 0 Å². The molecular weight excluding hydrogens is 234 g/mol. The molecule has 0 spiro atoms. The number of piperidine rings is 1. The van der Waals surface area contributed by atoms with E-state index in [9.17, 15) is 0 Å². The number of rotatable bonds is 8. The molecule has 1 heterocycles. The van der Waals surface area contributed by atoms with Crippen LogP contribution in [0.4, 0.5) is 0 Å². The summed E-state index contributed by atoms with van der Waals surface area (Å²) in [5.74, 6) is 0. The molecule has 2 atom stereocenters. The fraction of sp³-hybridized carbons (Fsp3) is 1.00. The summed E-state index contributed by atoms with van der Waals surface area (Å²) in [6, 6.07) is 2.19. The number of nitrogens with one attached hydrogen (secondary N) is 1. The third-order valence-electron chi connectivity index (χ3n) is 4.65. The van der Waals surface area contributed by atoms with E-state index in [1.54, 1.807) is 0 Å². The number of hydrogen-bond donors (Lipinski definition) is 1. The standard InChI is InChI=1S/C16H35N3/c1-6-9-15(17-8-3)16(7-2)19-12-10-14(11-13-19)18(4)5/h14-17H,6-13H2,1-5H3. The first kappa shape index (κ1) is 16.9. The Hall–Kier alpha value is -0.120. The predicted molar refractivity (Wildman–Crippen MR) is 84.7 cm³/mol. The van der Waals surface area contributed by atoms with Crippen LogP contribution in [0.2, 0.25) is 0 Å². The molecule has 1 rings (SSSR count). The summed E-state index contributed by atoms with van der Waals surface area (Å²) < 4.78 is 0. The first-order chi connectivity index (χ1) is 9.13. The molecule has 0 bridgehead atoms. The molecule has 0 aromatic carbocycles. The summed E-state index contributed by atoms with van der Waals surface area (Å²) in [5.41, 5.74) is 0. The van der Waals surface area contributed by atoms with Crippen LogP contribution in [-0.4, -0.2) is 61.7 Å². The fourth-order valence-electron chi connectivity index (χ4n) is 3.53. The second kappa shape index (κ2) is 8.93. The lowest BCUT2D eigenvalue weighted by Crippen LogP contribution is -2.53. The van der Waals surface area contributed by atoms with Crippen molar-refractivity contribution in [2.75, 3.05) is 33.7 Å². The third-order valence-corrected chi connectivity index (χ3v) is 4.65. The van der Waals surface area contributed by atoms with Gasteiger partial charge in [0, 0.05) is 18.1 Å². The Morgan fingerprint density at radius 2 is 1.79 bits per heavy atom. The molecule has 0 radical (unpaired) electrons. The van der Waals surface area contributed by atoms with Crippen molar-refractivity contribution in [1.29, 1.82) is 0 Å². The quantitative estimate of drug-likeness (QED) is 0.730. The molecule has 1 aliphatic rings. The molecule has 1 aliphatic heterocycles. The first-order valence-corrected chi connectivity index (χ1v) is 8.27. The normalized spacial score (nSPS) is 21.8. The Morgan fingerprint density at radius 1 is 1.16 bits per heavy atom. The lowest BCUT2D eigenvalue weighted by Gasteiger charge is -2.42. The van der Waals surface area contributed by atoms with E-state index in [1.165, 1.54) is 45.2 Å². The van der Waals surface area contributed by atoms with E-state index in [0.717, 1.165) is 18.6 Å². The average molecular weight is 269 g/mol. The molecule has 0 saturated carbocycles. The highest BCUT2D eigenvalue weighted by Crippen LogP contribution is 2.21. The third kappa shape index (κ3) is 5.05. The number of hydrogen-bond acceptors (Lipinski definition) is 3. The zero-order chi connectivity index (χ0) is 14.3. The topological polar surface area (TPSA) is 18.5 Å². The van der Waals surface area contributed by atoms with Gasteiger partial charge in [-0.15, -0.1) is 0 Å². The van der Waals surface area contributed by atoms with E-state index >= 15 is 0 Å². The minimum absolute atomic E-state index is 0.677. The maximum Gasteiger partial charge on any atom is 0.0246 e. The number of nitrogens with zero attached hydrogens (tertiary/aromatic N) is 2.